The van der Waals surface area contributed by atoms with Gasteiger partial charge in [-0.05, 0) is 13.0 Å². The molecule has 3 N–H and O–H groups in total. The summed E-state index contributed by atoms with van der Waals surface area (Å²) < 4.78 is 0. The Morgan fingerprint density at radius 3 is 2.32 bits per heavy atom. The first kappa shape index (κ1) is 16.4. The molecule has 0 radical (unpaired) electrons. The van der Waals surface area contributed by atoms with Crippen LogP contribution in [0.4, 0.5) is 5.82 Å². The Kier molecular flexibility index (Phi) is 4.34. The Morgan fingerprint density at radius 1 is 1.08 bits per heavy atom. The third-order valence-electron chi connectivity index (χ3n) is 3.59. The molecule has 3 aromatic rings. The molecule has 0 aliphatic carbocycles. The molecule has 0 fully saturated rings. The lowest BCUT2D eigenvalue weighted by Crippen LogP contribution is -2.35. The molecule has 25 heavy (non-hydrogen) atoms. The van der Waals surface area contributed by atoms with Crippen LogP contribution in [0.5, 0.6) is 0 Å². The van der Waals surface area contributed by atoms with Gasteiger partial charge in [0.15, 0.2) is 5.82 Å². The highest BCUT2D eigenvalue weighted by Crippen LogP contribution is 2.28. The molecule has 0 saturated heterocycles. The molecule has 128 valence electrons. The van der Waals surface area contributed by atoms with Crippen molar-refractivity contribution >= 4 is 28.8 Å². The molecule has 8 heteroatoms. The fourth-order valence-corrected chi connectivity index (χ4v) is 2.61. The summed E-state index contributed by atoms with van der Waals surface area (Å²) in [5.41, 5.74) is 2.10. The maximum Gasteiger partial charge on any atom is 0.323 e. The average molecular weight is 340 g/mol. The Labute approximate surface area is 142 Å². The number of carboxylic acid groups (broad SMARTS) is 2. The first-order valence-electron chi connectivity index (χ1n) is 7.55. The number of anilines is 1. The summed E-state index contributed by atoms with van der Waals surface area (Å²) in [5.74, 6) is -1.60. The number of aromatic nitrogens is 3. The van der Waals surface area contributed by atoms with Crippen LogP contribution >= 0.6 is 0 Å². The van der Waals surface area contributed by atoms with E-state index in [-0.39, 0.29) is 5.82 Å². The van der Waals surface area contributed by atoms with Crippen LogP contribution in [0.1, 0.15) is 5.69 Å². The maximum atomic E-state index is 11.2. The zero-order chi connectivity index (χ0) is 18.0. The van der Waals surface area contributed by atoms with E-state index in [4.69, 9.17) is 10.2 Å². The molecule has 0 aliphatic rings. The molecule has 0 spiro atoms. The predicted molar refractivity (Wildman–Crippen MR) is 91.5 cm³/mol. The van der Waals surface area contributed by atoms with Crippen molar-refractivity contribution < 1.29 is 19.8 Å². The normalized spacial score (nSPS) is 10.8. The number of aliphatic carboxylic acids is 2. The van der Waals surface area contributed by atoms with E-state index >= 15 is 0 Å². The smallest absolute Gasteiger partial charge is 0.323 e. The standard InChI is InChI=1S/C17H16N4O4/c1-10-7-12-16(18-10)19-15(11-5-3-2-4-6-11)20-17(12)21(8-13(22)23)9-14(24)25/h2-7H,8-9H2,1H3,(H,22,23)(H,24,25)(H,18,19,20). The van der Waals surface area contributed by atoms with Crippen LogP contribution in [0.3, 0.4) is 0 Å². The van der Waals surface area contributed by atoms with Crippen LogP contribution in [0.2, 0.25) is 0 Å². The van der Waals surface area contributed by atoms with E-state index in [1.165, 1.54) is 4.90 Å². The number of hydrogen-bond donors (Lipinski definition) is 3. The molecular formula is C17H16N4O4. The van der Waals surface area contributed by atoms with Gasteiger partial charge in [-0.15, -0.1) is 0 Å². The van der Waals surface area contributed by atoms with Crippen molar-refractivity contribution in [1.29, 1.82) is 0 Å². The lowest BCUT2D eigenvalue weighted by Gasteiger charge is -2.20. The molecule has 0 bridgehead atoms. The van der Waals surface area contributed by atoms with Gasteiger partial charge in [-0.1, -0.05) is 30.3 Å². The fraction of sp³-hybridized carbons (Fsp3) is 0.176. The van der Waals surface area contributed by atoms with Gasteiger partial charge in [0, 0.05) is 11.3 Å². The number of rotatable bonds is 6. The van der Waals surface area contributed by atoms with Crippen molar-refractivity contribution in [2.75, 3.05) is 18.0 Å². The van der Waals surface area contributed by atoms with Gasteiger partial charge in [0.2, 0.25) is 0 Å². The summed E-state index contributed by atoms with van der Waals surface area (Å²) in [5, 5.41) is 18.9. The maximum absolute atomic E-state index is 11.2. The third-order valence-corrected chi connectivity index (χ3v) is 3.59. The Morgan fingerprint density at radius 2 is 1.72 bits per heavy atom. The molecule has 0 amide bonds. The lowest BCUT2D eigenvalue weighted by molar-refractivity contribution is -0.136. The van der Waals surface area contributed by atoms with E-state index in [2.05, 4.69) is 15.0 Å². The van der Waals surface area contributed by atoms with Gasteiger partial charge < -0.3 is 20.1 Å². The van der Waals surface area contributed by atoms with Crippen molar-refractivity contribution in [1.82, 2.24) is 15.0 Å². The van der Waals surface area contributed by atoms with Crippen molar-refractivity contribution in [2.24, 2.45) is 0 Å². The molecule has 0 aliphatic heterocycles. The number of carbonyl (C=O) groups is 2. The number of aromatic amines is 1. The van der Waals surface area contributed by atoms with Gasteiger partial charge in [-0.25, -0.2) is 9.97 Å². The van der Waals surface area contributed by atoms with Gasteiger partial charge in [0.05, 0.1) is 5.39 Å². The number of hydrogen-bond acceptors (Lipinski definition) is 5. The minimum absolute atomic E-state index is 0.276. The quantitative estimate of drug-likeness (QED) is 0.627. The van der Waals surface area contributed by atoms with Crippen LogP contribution in [-0.2, 0) is 9.59 Å². The first-order chi connectivity index (χ1) is 11.9. The Balaban J connectivity index is 2.19. The number of nitrogens with one attached hydrogen (secondary N) is 1. The highest BCUT2D eigenvalue weighted by Gasteiger charge is 2.21. The minimum Gasteiger partial charge on any atom is -0.480 e. The minimum atomic E-state index is -1.14. The van der Waals surface area contributed by atoms with E-state index in [0.717, 1.165) is 11.3 Å². The van der Waals surface area contributed by atoms with Crippen molar-refractivity contribution in [3.05, 3.63) is 42.1 Å². The first-order valence-corrected chi connectivity index (χ1v) is 7.55. The van der Waals surface area contributed by atoms with E-state index in [1.54, 1.807) is 6.07 Å². The summed E-state index contributed by atoms with van der Waals surface area (Å²) >= 11 is 0. The van der Waals surface area contributed by atoms with Gasteiger partial charge >= 0.3 is 11.9 Å². The summed E-state index contributed by atoms with van der Waals surface area (Å²) in [6.07, 6.45) is 0. The topological polar surface area (TPSA) is 119 Å². The molecule has 3 rings (SSSR count). The average Bonchev–Trinajstić information content (AvgIpc) is 2.93. The van der Waals surface area contributed by atoms with Gasteiger partial charge in [0.25, 0.3) is 0 Å². The largest absolute Gasteiger partial charge is 0.480 e. The second kappa shape index (κ2) is 6.60. The zero-order valence-electron chi connectivity index (χ0n) is 13.4. The highest BCUT2D eigenvalue weighted by molar-refractivity contribution is 5.93. The van der Waals surface area contributed by atoms with Crippen LogP contribution < -0.4 is 4.90 Å². The molecule has 0 unspecified atom stereocenters. The molecule has 2 heterocycles. The highest BCUT2D eigenvalue weighted by atomic mass is 16.4. The van der Waals surface area contributed by atoms with Crippen LogP contribution in [0.15, 0.2) is 36.4 Å². The van der Waals surface area contributed by atoms with E-state index in [0.29, 0.717) is 16.9 Å². The molecule has 0 saturated carbocycles. The van der Waals surface area contributed by atoms with Crippen LogP contribution in [-0.4, -0.2) is 50.2 Å². The summed E-state index contributed by atoms with van der Waals surface area (Å²) in [4.78, 5) is 35.6. The number of carboxylic acids is 2. The van der Waals surface area contributed by atoms with Gasteiger partial charge in [-0.2, -0.15) is 0 Å². The van der Waals surface area contributed by atoms with E-state index in [1.807, 2.05) is 37.3 Å². The number of H-pyrrole nitrogens is 1. The van der Waals surface area contributed by atoms with Crippen molar-refractivity contribution in [2.45, 2.75) is 6.92 Å². The van der Waals surface area contributed by atoms with E-state index in [9.17, 15) is 9.59 Å². The Hall–Kier alpha value is -3.42. The predicted octanol–water partition coefficient (Wildman–Crippen LogP) is 1.91. The molecule has 8 nitrogen and oxygen atoms in total. The molecule has 0 atom stereocenters. The Bertz CT molecular complexity index is 920. The number of fused-ring (bicyclic) bond motifs is 1. The third kappa shape index (κ3) is 3.57. The number of benzene rings is 1. The van der Waals surface area contributed by atoms with Crippen LogP contribution in [0.25, 0.3) is 22.4 Å². The van der Waals surface area contributed by atoms with E-state index < -0.39 is 25.0 Å². The molecular weight excluding hydrogens is 324 g/mol. The fourth-order valence-electron chi connectivity index (χ4n) is 2.61. The van der Waals surface area contributed by atoms with Crippen molar-refractivity contribution in [3.8, 4) is 11.4 Å². The second-order valence-electron chi connectivity index (χ2n) is 5.60. The SMILES string of the molecule is Cc1cc2c(N(CC(=O)O)CC(=O)O)nc(-c3ccccc3)nc2[nH]1. The van der Waals surface area contributed by atoms with Crippen LogP contribution in [0, 0.1) is 6.92 Å². The summed E-state index contributed by atoms with van der Waals surface area (Å²) in [6.45, 7) is 0.889. The number of nitrogens with zero attached hydrogens (tertiary/aromatic N) is 3. The molecule has 1 aromatic carbocycles. The number of aryl methyl sites for hydroxylation is 1. The lowest BCUT2D eigenvalue weighted by atomic mass is 10.2. The monoisotopic (exact) mass is 340 g/mol. The summed E-state index contributed by atoms with van der Waals surface area (Å²) in [6, 6.07) is 11.0. The van der Waals surface area contributed by atoms with Gasteiger partial charge in [0.1, 0.15) is 24.6 Å². The molecule has 2 aromatic heterocycles. The zero-order valence-corrected chi connectivity index (χ0v) is 13.4. The van der Waals surface area contributed by atoms with Crippen molar-refractivity contribution in [3.63, 3.8) is 0 Å². The summed E-state index contributed by atoms with van der Waals surface area (Å²) in [7, 11) is 0. The second-order valence-corrected chi connectivity index (χ2v) is 5.60. The van der Waals surface area contributed by atoms with Gasteiger partial charge in [-0.3, -0.25) is 9.59 Å².